The first-order valence-electron chi connectivity index (χ1n) is 6.88. The molecule has 118 valence electrons. The minimum absolute atomic E-state index is 0.0462. The largest absolute Gasteiger partial charge is 0.354 e. The fraction of sp³-hybridized carbons (Fsp3) is 0.176. The lowest BCUT2D eigenvalue weighted by atomic mass is 10.1. The van der Waals surface area contributed by atoms with Gasteiger partial charge >= 0.3 is 0 Å². The molecule has 0 aliphatic heterocycles. The Bertz CT molecular complexity index is 844. The van der Waals surface area contributed by atoms with Crippen LogP contribution >= 0.6 is 23.2 Å². The molecule has 1 aromatic carbocycles. The van der Waals surface area contributed by atoms with Crippen molar-refractivity contribution in [1.29, 1.82) is 5.26 Å². The first-order chi connectivity index (χ1) is 10.9. The highest BCUT2D eigenvalue weighted by Crippen LogP contribution is 2.32. The van der Waals surface area contributed by atoms with Gasteiger partial charge in [0.25, 0.3) is 5.91 Å². The Hall–Kier alpha value is -2.22. The highest BCUT2D eigenvalue weighted by molar-refractivity contribution is 6.43. The van der Waals surface area contributed by atoms with E-state index in [2.05, 4.69) is 5.32 Å². The molecule has 0 spiro atoms. The topological polar surface area (TPSA) is 57.8 Å². The SMILES string of the molecule is CNC(=O)/C(C#N)=C/c1cc(C)n(-c2cccc(Cl)c2Cl)c1C. The number of hydrogen-bond acceptors (Lipinski definition) is 2. The van der Waals surface area contributed by atoms with E-state index in [-0.39, 0.29) is 5.57 Å². The molecule has 1 N–H and O–H groups in total. The van der Waals surface area contributed by atoms with E-state index in [9.17, 15) is 4.79 Å². The summed E-state index contributed by atoms with van der Waals surface area (Å²) in [5, 5.41) is 12.5. The average molecular weight is 348 g/mol. The summed E-state index contributed by atoms with van der Waals surface area (Å²) in [4.78, 5) is 11.7. The molecule has 2 aromatic rings. The molecule has 2 rings (SSSR count). The van der Waals surface area contributed by atoms with Gasteiger partial charge in [0.05, 0.1) is 15.7 Å². The van der Waals surface area contributed by atoms with Crippen molar-refractivity contribution in [3.8, 4) is 11.8 Å². The number of hydrogen-bond donors (Lipinski definition) is 1. The second-order valence-electron chi connectivity index (χ2n) is 4.98. The quantitative estimate of drug-likeness (QED) is 0.672. The minimum atomic E-state index is -0.418. The number of rotatable bonds is 3. The molecule has 0 radical (unpaired) electrons. The molecule has 1 aromatic heterocycles. The molecule has 4 nitrogen and oxygen atoms in total. The fourth-order valence-corrected chi connectivity index (χ4v) is 2.79. The molecule has 0 bridgehead atoms. The normalized spacial score (nSPS) is 11.2. The maximum Gasteiger partial charge on any atom is 0.261 e. The van der Waals surface area contributed by atoms with Crippen LogP contribution in [0.5, 0.6) is 0 Å². The van der Waals surface area contributed by atoms with Gasteiger partial charge in [0.2, 0.25) is 0 Å². The number of nitriles is 1. The smallest absolute Gasteiger partial charge is 0.261 e. The van der Waals surface area contributed by atoms with Crippen LogP contribution in [0, 0.1) is 25.2 Å². The number of carbonyl (C=O) groups is 1. The Morgan fingerprint density at radius 3 is 2.65 bits per heavy atom. The van der Waals surface area contributed by atoms with Crippen LogP contribution in [0.3, 0.4) is 0 Å². The zero-order chi connectivity index (χ0) is 17.1. The first-order valence-corrected chi connectivity index (χ1v) is 7.63. The predicted molar refractivity (Wildman–Crippen MR) is 92.9 cm³/mol. The van der Waals surface area contributed by atoms with E-state index in [1.807, 2.05) is 42.7 Å². The Kier molecular flexibility index (Phi) is 5.15. The summed E-state index contributed by atoms with van der Waals surface area (Å²) in [6.45, 7) is 3.82. The van der Waals surface area contributed by atoms with Gasteiger partial charge in [-0.3, -0.25) is 4.79 Å². The van der Waals surface area contributed by atoms with Crippen LogP contribution in [0.15, 0.2) is 29.8 Å². The van der Waals surface area contributed by atoms with Gasteiger partial charge < -0.3 is 9.88 Å². The Labute approximate surface area is 144 Å². The van der Waals surface area contributed by atoms with Crippen LogP contribution < -0.4 is 5.32 Å². The molecular formula is C17H15Cl2N3O. The standard InChI is InChI=1S/C17H15Cl2N3O/c1-10-7-12(8-13(9-20)17(23)21-3)11(2)22(10)15-6-4-5-14(18)16(15)19/h4-8H,1-3H3,(H,21,23)/b13-8+. The molecule has 23 heavy (non-hydrogen) atoms. The lowest BCUT2D eigenvalue weighted by molar-refractivity contribution is -0.116. The number of nitrogens with zero attached hydrogens (tertiary/aromatic N) is 2. The Morgan fingerprint density at radius 2 is 2.04 bits per heavy atom. The molecule has 0 fully saturated rings. The van der Waals surface area contributed by atoms with Crippen molar-refractivity contribution >= 4 is 35.2 Å². The lowest BCUT2D eigenvalue weighted by Crippen LogP contribution is -2.19. The number of aryl methyl sites for hydroxylation is 1. The number of amides is 1. The summed E-state index contributed by atoms with van der Waals surface area (Å²) in [6.07, 6.45) is 1.57. The molecule has 0 saturated carbocycles. The van der Waals surface area contributed by atoms with Crippen LogP contribution in [0.1, 0.15) is 17.0 Å². The van der Waals surface area contributed by atoms with Gasteiger partial charge in [0, 0.05) is 18.4 Å². The van der Waals surface area contributed by atoms with E-state index in [0.717, 1.165) is 22.6 Å². The molecule has 0 aliphatic rings. The van der Waals surface area contributed by atoms with Crippen molar-refractivity contribution in [3.63, 3.8) is 0 Å². The Balaban J connectivity index is 2.62. The molecule has 0 aliphatic carbocycles. The lowest BCUT2D eigenvalue weighted by Gasteiger charge is -2.12. The number of nitrogens with one attached hydrogen (secondary N) is 1. The molecule has 1 heterocycles. The molecule has 0 unspecified atom stereocenters. The third-order valence-corrected chi connectivity index (χ3v) is 4.34. The third kappa shape index (κ3) is 3.26. The van der Waals surface area contributed by atoms with Crippen molar-refractivity contribution in [1.82, 2.24) is 9.88 Å². The van der Waals surface area contributed by atoms with Crippen LogP contribution in [-0.2, 0) is 4.79 Å². The van der Waals surface area contributed by atoms with Gasteiger partial charge in [-0.1, -0.05) is 29.3 Å². The second kappa shape index (κ2) is 6.91. The Morgan fingerprint density at radius 1 is 1.35 bits per heavy atom. The second-order valence-corrected chi connectivity index (χ2v) is 5.77. The number of benzene rings is 1. The maximum absolute atomic E-state index is 11.7. The molecule has 0 atom stereocenters. The molecule has 6 heteroatoms. The van der Waals surface area contributed by atoms with Crippen LogP contribution in [0.25, 0.3) is 11.8 Å². The highest BCUT2D eigenvalue weighted by atomic mass is 35.5. The molecular weight excluding hydrogens is 333 g/mol. The van der Waals surface area contributed by atoms with E-state index >= 15 is 0 Å². The van der Waals surface area contributed by atoms with E-state index in [0.29, 0.717) is 10.0 Å². The summed E-state index contributed by atoms with van der Waals surface area (Å²) < 4.78 is 1.94. The predicted octanol–water partition coefficient (Wildman–Crippen LogP) is 4.05. The fourth-order valence-electron chi connectivity index (χ4n) is 2.41. The third-order valence-electron chi connectivity index (χ3n) is 3.53. The summed E-state index contributed by atoms with van der Waals surface area (Å²) in [7, 11) is 1.49. The zero-order valence-corrected chi connectivity index (χ0v) is 14.5. The van der Waals surface area contributed by atoms with E-state index < -0.39 is 5.91 Å². The molecule has 1 amide bonds. The monoisotopic (exact) mass is 347 g/mol. The number of carbonyl (C=O) groups excluding carboxylic acids is 1. The first kappa shape index (κ1) is 17.1. The van der Waals surface area contributed by atoms with Gasteiger partial charge in [-0.05, 0) is 43.7 Å². The summed E-state index contributed by atoms with van der Waals surface area (Å²) in [5.41, 5.74) is 3.37. The van der Waals surface area contributed by atoms with Crippen molar-refractivity contribution in [3.05, 3.63) is 56.8 Å². The van der Waals surface area contributed by atoms with Crippen LogP contribution in [-0.4, -0.2) is 17.5 Å². The van der Waals surface area contributed by atoms with Crippen molar-refractivity contribution in [2.24, 2.45) is 0 Å². The van der Waals surface area contributed by atoms with Crippen molar-refractivity contribution < 1.29 is 4.79 Å². The maximum atomic E-state index is 11.7. The van der Waals surface area contributed by atoms with Gasteiger partial charge in [0.1, 0.15) is 11.6 Å². The van der Waals surface area contributed by atoms with Gasteiger partial charge in [-0.15, -0.1) is 0 Å². The van der Waals surface area contributed by atoms with Crippen LogP contribution in [0.4, 0.5) is 0 Å². The van der Waals surface area contributed by atoms with E-state index in [1.165, 1.54) is 7.05 Å². The number of likely N-dealkylation sites (N-methyl/N-ethyl adjacent to an activating group) is 1. The number of aromatic nitrogens is 1. The van der Waals surface area contributed by atoms with Crippen LogP contribution in [0.2, 0.25) is 10.0 Å². The van der Waals surface area contributed by atoms with Gasteiger partial charge in [-0.2, -0.15) is 5.26 Å². The van der Waals surface area contributed by atoms with Gasteiger partial charge in [-0.25, -0.2) is 0 Å². The highest BCUT2D eigenvalue weighted by Gasteiger charge is 2.15. The minimum Gasteiger partial charge on any atom is -0.354 e. The average Bonchev–Trinajstić information content (AvgIpc) is 2.81. The summed E-state index contributed by atoms with van der Waals surface area (Å²) in [5.74, 6) is -0.418. The zero-order valence-electron chi connectivity index (χ0n) is 12.9. The summed E-state index contributed by atoms with van der Waals surface area (Å²) in [6, 6.07) is 9.22. The summed E-state index contributed by atoms with van der Waals surface area (Å²) >= 11 is 12.4. The van der Waals surface area contributed by atoms with Gasteiger partial charge in [0.15, 0.2) is 0 Å². The van der Waals surface area contributed by atoms with Crippen molar-refractivity contribution in [2.45, 2.75) is 13.8 Å². The molecule has 0 saturated heterocycles. The van der Waals surface area contributed by atoms with E-state index in [1.54, 1.807) is 12.1 Å². The number of halogens is 2. The van der Waals surface area contributed by atoms with Crippen molar-refractivity contribution in [2.75, 3.05) is 7.05 Å². The van der Waals surface area contributed by atoms with E-state index in [4.69, 9.17) is 28.5 Å².